The number of fused-ring (bicyclic) bond motifs is 1. The number of nitrogens with zero attached hydrogens (tertiary/aromatic N) is 2. The van der Waals surface area contributed by atoms with Gasteiger partial charge in [0, 0.05) is 32.0 Å². The normalized spacial score (nSPS) is 18.6. The zero-order chi connectivity index (χ0) is 19.2. The molecule has 2 heterocycles. The molecule has 1 aliphatic rings. The summed E-state index contributed by atoms with van der Waals surface area (Å²) in [7, 11) is 0. The van der Waals surface area contributed by atoms with Crippen molar-refractivity contribution in [2.24, 2.45) is 0 Å². The second-order valence-electron chi connectivity index (χ2n) is 7.79. The van der Waals surface area contributed by atoms with Crippen LogP contribution in [-0.2, 0) is 31.6 Å². The first-order valence-electron chi connectivity index (χ1n) is 10.1. The van der Waals surface area contributed by atoms with Crippen molar-refractivity contribution in [2.45, 2.75) is 51.4 Å². The van der Waals surface area contributed by atoms with Crippen molar-refractivity contribution in [3.63, 3.8) is 0 Å². The molecule has 0 amide bonds. The van der Waals surface area contributed by atoms with E-state index in [1.54, 1.807) is 0 Å². The molecule has 0 bridgehead atoms. The van der Waals surface area contributed by atoms with Crippen LogP contribution in [0.1, 0.15) is 47.8 Å². The van der Waals surface area contributed by atoms with Crippen LogP contribution in [0.3, 0.4) is 0 Å². The number of hydrogen-bond donors (Lipinski definition) is 2. The fourth-order valence-electron chi connectivity index (χ4n) is 3.97. The lowest BCUT2D eigenvalue weighted by Crippen LogP contribution is -2.42. The highest BCUT2D eigenvalue weighted by Gasteiger charge is 2.32. The Bertz CT molecular complexity index is 892. The summed E-state index contributed by atoms with van der Waals surface area (Å²) < 4.78 is 0. The average molecular weight is 373 g/mol. The van der Waals surface area contributed by atoms with Crippen LogP contribution in [0.2, 0.25) is 0 Å². The van der Waals surface area contributed by atoms with Crippen LogP contribution in [0.25, 0.3) is 0 Å². The van der Waals surface area contributed by atoms with Gasteiger partial charge in [0.2, 0.25) is 0 Å². The number of pyridine rings is 2. The first-order valence-corrected chi connectivity index (χ1v) is 10.1. The molecule has 0 radical (unpaired) electrons. The number of aromatic nitrogens is 2. The molecule has 1 atom stereocenters. The predicted octanol–water partition coefficient (Wildman–Crippen LogP) is 4.11. The second-order valence-corrected chi connectivity index (χ2v) is 7.79. The molecule has 2 N–H and O–H groups in total. The first kappa shape index (κ1) is 18.8. The van der Waals surface area contributed by atoms with Crippen molar-refractivity contribution >= 4 is 0 Å². The maximum atomic E-state index is 4.68. The van der Waals surface area contributed by atoms with E-state index >= 15 is 0 Å². The van der Waals surface area contributed by atoms with Gasteiger partial charge in [0.25, 0.3) is 0 Å². The van der Waals surface area contributed by atoms with Gasteiger partial charge in [-0.05, 0) is 61.1 Å². The van der Waals surface area contributed by atoms with E-state index in [0.717, 1.165) is 38.2 Å². The van der Waals surface area contributed by atoms with Crippen LogP contribution in [-0.4, -0.2) is 9.97 Å². The fraction of sp³-hybridized carbons (Fsp3) is 0.333. The molecule has 4 rings (SSSR count). The summed E-state index contributed by atoms with van der Waals surface area (Å²) in [6.45, 7) is 4.77. The Morgan fingerprint density at radius 1 is 0.857 bits per heavy atom. The van der Waals surface area contributed by atoms with Crippen LogP contribution in [0.5, 0.6) is 0 Å². The van der Waals surface area contributed by atoms with E-state index in [1.807, 2.05) is 36.7 Å². The van der Waals surface area contributed by atoms with Crippen molar-refractivity contribution in [1.29, 1.82) is 0 Å². The molecule has 0 saturated heterocycles. The Balaban J connectivity index is 1.31. The van der Waals surface area contributed by atoms with E-state index in [-0.39, 0.29) is 5.54 Å². The van der Waals surface area contributed by atoms with Gasteiger partial charge in [0.1, 0.15) is 0 Å². The van der Waals surface area contributed by atoms with Gasteiger partial charge in [0.15, 0.2) is 0 Å². The fourth-order valence-corrected chi connectivity index (χ4v) is 3.97. The smallest absolute Gasteiger partial charge is 0.0633 e. The molecule has 0 fully saturated rings. The summed E-state index contributed by atoms with van der Waals surface area (Å²) in [5, 5.41) is 7.22. The molecular weight excluding hydrogens is 344 g/mol. The number of aryl methyl sites for hydroxylation is 1. The lowest BCUT2D eigenvalue weighted by atomic mass is 9.81. The highest BCUT2D eigenvalue weighted by Crippen LogP contribution is 2.33. The number of rotatable bonds is 7. The number of nitrogens with one attached hydrogen (secondary N) is 2. The van der Waals surface area contributed by atoms with Gasteiger partial charge < -0.3 is 10.6 Å². The largest absolute Gasteiger partial charge is 0.307 e. The minimum atomic E-state index is -0.0439. The van der Waals surface area contributed by atoms with Crippen LogP contribution in [0.15, 0.2) is 67.0 Å². The van der Waals surface area contributed by atoms with Crippen LogP contribution < -0.4 is 10.6 Å². The summed E-state index contributed by atoms with van der Waals surface area (Å²) >= 11 is 0. The minimum Gasteiger partial charge on any atom is -0.307 e. The molecule has 2 aromatic heterocycles. The Kier molecular flexibility index (Phi) is 5.79. The summed E-state index contributed by atoms with van der Waals surface area (Å²) in [4.78, 5) is 9.02. The highest BCUT2D eigenvalue weighted by molar-refractivity contribution is 5.30. The lowest BCUT2D eigenvalue weighted by molar-refractivity contribution is 0.301. The first-order chi connectivity index (χ1) is 13.7. The Morgan fingerprint density at radius 2 is 1.64 bits per heavy atom. The lowest BCUT2D eigenvalue weighted by Gasteiger charge is -2.36. The molecule has 1 aromatic carbocycles. The van der Waals surface area contributed by atoms with Gasteiger partial charge in [-0.1, -0.05) is 36.4 Å². The van der Waals surface area contributed by atoms with E-state index in [4.69, 9.17) is 0 Å². The quantitative estimate of drug-likeness (QED) is 0.655. The van der Waals surface area contributed by atoms with Gasteiger partial charge in [-0.2, -0.15) is 0 Å². The third-order valence-corrected chi connectivity index (χ3v) is 5.60. The van der Waals surface area contributed by atoms with Crippen molar-refractivity contribution in [2.75, 3.05) is 0 Å². The molecule has 4 heteroatoms. The highest BCUT2D eigenvalue weighted by atomic mass is 15.0. The summed E-state index contributed by atoms with van der Waals surface area (Å²) in [5.41, 5.74) is 6.22. The zero-order valence-corrected chi connectivity index (χ0v) is 16.5. The van der Waals surface area contributed by atoms with Crippen molar-refractivity contribution in [1.82, 2.24) is 20.6 Å². The van der Waals surface area contributed by atoms with Crippen LogP contribution in [0, 0.1) is 0 Å². The van der Waals surface area contributed by atoms with Crippen molar-refractivity contribution < 1.29 is 0 Å². The molecule has 1 aliphatic carbocycles. The van der Waals surface area contributed by atoms with Crippen LogP contribution >= 0.6 is 0 Å². The van der Waals surface area contributed by atoms with E-state index < -0.39 is 0 Å². The van der Waals surface area contributed by atoms with E-state index in [0.29, 0.717) is 0 Å². The van der Waals surface area contributed by atoms with Crippen molar-refractivity contribution in [3.05, 3.63) is 95.1 Å². The molecule has 3 aromatic rings. The average Bonchev–Trinajstić information content (AvgIpc) is 2.74. The Morgan fingerprint density at radius 3 is 2.43 bits per heavy atom. The summed E-state index contributed by atoms with van der Waals surface area (Å²) in [5.74, 6) is 0. The Hall–Kier alpha value is -2.56. The molecule has 144 valence electrons. The molecule has 4 nitrogen and oxygen atoms in total. The van der Waals surface area contributed by atoms with Crippen molar-refractivity contribution in [3.8, 4) is 0 Å². The molecule has 0 aliphatic heterocycles. The third-order valence-electron chi connectivity index (χ3n) is 5.60. The second kappa shape index (κ2) is 8.63. The monoisotopic (exact) mass is 372 g/mol. The van der Waals surface area contributed by atoms with Gasteiger partial charge in [-0.15, -0.1) is 0 Å². The summed E-state index contributed by atoms with van der Waals surface area (Å²) in [6, 6.07) is 19.1. The summed E-state index contributed by atoms with van der Waals surface area (Å²) in [6.07, 6.45) is 7.23. The van der Waals surface area contributed by atoms with Crippen LogP contribution in [0.4, 0.5) is 0 Å². The topological polar surface area (TPSA) is 49.8 Å². The maximum Gasteiger partial charge on any atom is 0.0633 e. The van der Waals surface area contributed by atoms with Gasteiger partial charge in [-0.25, -0.2) is 0 Å². The molecular formula is C24H28N4. The molecule has 28 heavy (non-hydrogen) atoms. The molecule has 0 spiro atoms. The predicted molar refractivity (Wildman–Crippen MR) is 113 cm³/mol. The number of hydrogen-bond acceptors (Lipinski definition) is 4. The SMILES string of the molecule is CC1(NCc2ccc(CNCc3ccccn3)cc2)CCCc2cccnc21. The third kappa shape index (κ3) is 4.46. The van der Waals surface area contributed by atoms with E-state index in [1.165, 1.54) is 28.8 Å². The van der Waals surface area contributed by atoms with Gasteiger partial charge >= 0.3 is 0 Å². The van der Waals surface area contributed by atoms with E-state index in [9.17, 15) is 0 Å². The standard InChI is InChI=1S/C24H28N4/c1-24(13-4-6-21-7-5-15-27-23(21)24)28-17-20-11-9-19(10-12-20)16-25-18-22-8-2-3-14-26-22/h2-3,5,7-12,14-15,25,28H,4,6,13,16-18H2,1H3. The number of benzene rings is 1. The zero-order valence-electron chi connectivity index (χ0n) is 16.5. The minimum absolute atomic E-state index is 0.0439. The van der Waals surface area contributed by atoms with Gasteiger partial charge in [-0.3, -0.25) is 9.97 Å². The van der Waals surface area contributed by atoms with Gasteiger partial charge in [0.05, 0.1) is 16.9 Å². The molecule has 0 saturated carbocycles. The maximum absolute atomic E-state index is 4.68. The molecule has 1 unspecified atom stereocenters. The van der Waals surface area contributed by atoms with E-state index in [2.05, 4.69) is 57.9 Å². The Labute approximate surface area is 167 Å².